The van der Waals surface area contributed by atoms with Crippen LogP contribution in [0.4, 0.5) is 0 Å². The minimum Gasteiger partial charge on any atom is -0.480 e. The highest BCUT2D eigenvalue weighted by atomic mass is 32.2. The van der Waals surface area contributed by atoms with Gasteiger partial charge >= 0.3 is 5.97 Å². The summed E-state index contributed by atoms with van der Waals surface area (Å²) in [6.07, 6.45) is 1.08. The molecule has 10 nitrogen and oxygen atoms in total. The lowest BCUT2D eigenvalue weighted by Crippen LogP contribution is -2.51. The third-order valence-corrected chi connectivity index (χ3v) is 3.55. The quantitative estimate of drug-likeness (QED) is 0.229. The van der Waals surface area contributed by atoms with Crippen LogP contribution in [0.15, 0.2) is 0 Å². The molecular formula is C13H24N4O6S. The van der Waals surface area contributed by atoms with Gasteiger partial charge in [0, 0.05) is 0 Å². The summed E-state index contributed by atoms with van der Waals surface area (Å²) in [5, 5.41) is 24.7. The molecule has 0 aliphatic rings. The van der Waals surface area contributed by atoms with Crippen molar-refractivity contribution in [1.29, 1.82) is 0 Å². The van der Waals surface area contributed by atoms with Crippen LogP contribution in [0, 0.1) is 0 Å². The second-order valence-corrected chi connectivity index (χ2v) is 5.99. The summed E-state index contributed by atoms with van der Waals surface area (Å²) in [7, 11) is 0. The SMILES string of the molecule is CSCCC(N)C(=O)NCC(=O)NCC(=O)NC(C(=O)O)C(C)O. The van der Waals surface area contributed by atoms with Gasteiger partial charge in [0.2, 0.25) is 17.7 Å². The molecule has 0 aromatic rings. The van der Waals surface area contributed by atoms with Gasteiger partial charge < -0.3 is 31.9 Å². The second-order valence-electron chi connectivity index (χ2n) is 5.01. The predicted molar refractivity (Wildman–Crippen MR) is 88.2 cm³/mol. The first kappa shape index (κ1) is 22.1. The standard InChI is InChI=1S/C13H24N4O6S/c1-7(18)11(13(22)23)17-10(20)6-15-9(19)5-16-12(21)8(14)3-4-24-2/h7-8,11,18H,3-6,14H2,1-2H3,(H,15,19)(H,16,21)(H,17,20)(H,22,23). The number of aliphatic hydroxyl groups is 1. The lowest BCUT2D eigenvalue weighted by atomic mass is 10.2. The number of aliphatic carboxylic acids is 1. The highest BCUT2D eigenvalue weighted by molar-refractivity contribution is 7.98. The maximum absolute atomic E-state index is 11.6. The average Bonchev–Trinajstić information content (AvgIpc) is 2.52. The third kappa shape index (κ3) is 9.33. The minimum atomic E-state index is -1.47. The Morgan fingerprint density at radius 1 is 1.12 bits per heavy atom. The van der Waals surface area contributed by atoms with E-state index in [4.69, 9.17) is 10.8 Å². The van der Waals surface area contributed by atoms with Gasteiger partial charge in [-0.05, 0) is 25.4 Å². The summed E-state index contributed by atoms with van der Waals surface area (Å²) in [5.74, 6) is -2.55. The molecule has 3 unspecified atom stereocenters. The molecule has 138 valence electrons. The van der Waals surface area contributed by atoms with Crippen LogP contribution >= 0.6 is 11.8 Å². The molecule has 7 N–H and O–H groups in total. The van der Waals surface area contributed by atoms with Gasteiger partial charge in [0.25, 0.3) is 0 Å². The summed E-state index contributed by atoms with van der Waals surface area (Å²) >= 11 is 1.55. The number of rotatable bonds is 11. The van der Waals surface area contributed by atoms with E-state index >= 15 is 0 Å². The molecule has 0 aromatic carbocycles. The number of carboxylic acids is 1. The molecule has 0 spiro atoms. The maximum atomic E-state index is 11.6. The average molecular weight is 364 g/mol. The minimum absolute atomic E-state index is 0.349. The predicted octanol–water partition coefficient (Wildman–Crippen LogP) is -2.75. The Morgan fingerprint density at radius 2 is 1.71 bits per heavy atom. The zero-order valence-corrected chi connectivity index (χ0v) is 14.4. The number of nitrogens with one attached hydrogen (secondary N) is 3. The lowest BCUT2D eigenvalue weighted by Gasteiger charge is -2.17. The van der Waals surface area contributed by atoms with Gasteiger partial charge in [-0.3, -0.25) is 14.4 Å². The van der Waals surface area contributed by atoms with Crippen LogP contribution in [0.3, 0.4) is 0 Å². The first-order valence-corrected chi connectivity index (χ1v) is 8.57. The van der Waals surface area contributed by atoms with Crippen molar-refractivity contribution in [3.8, 4) is 0 Å². The summed E-state index contributed by atoms with van der Waals surface area (Å²) < 4.78 is 0. The zero-order valence-electron chi connectivity index (χ0n) is 13.6. The zero-order chi connectivity index (χ0) is 18.7. The molecule has 0 aliphatic carbocycles. The fourth-order valence-electron chi connectivity index (χ4n) is 1.53. The first-order chi connectivity index (χ1) is 11.2. The van der Waals surface area contributed by atoms with Gasteiger partial charge in [-0.15, -0.1) is 0 Å². The Morgan fingerprint density at radius 3 is 2.21 bits per heavy atom. The van der Waals surface area contributed by atoms with Gasteiger partial charge in [0.15, 0.2) is 6.04 Å². The highest BCUT2D eigenvalue weighted by Gasteiger charge is 2.24. The molecule has 3 atom stereocenters. The Labute approximate surface area is 143 Å². The van der Waals surface area contributed by atoms with Crippen LogP contribution in [-0.2, 0) is 19.2 Å². The van der Waals surface area contributed by atoms with Crippen molar-refractivity contribution in [2.45, 2.75) is 31.5 Å². The van der Waals surface area contributed by atoms with Crippen LogP contribution in [0.2, 0.25) is 0 Å². The van der Waals surface area contributed by atoms with Gasteiger partial charge in [-0.1, -0.05) is 0 Å². The van der Waals surface area contributed by atoms with E-state index in [0.717, 1.165) is 5.75 Å². The van der Waals surface area contributed by atoms with E-state index in [1.54, 1.807) is 11.8 Å². The van der Waals surface area contributed by atoms with Crippen molar-refractivity contribution in [2.75, 3.05) is 25.1 Å². The number of thioether (sulfide) groups is 1. The molecule has 0 saturated heterocycles. The number of carboxylic acid groups (broad SMARTS) is 1. The topological polar surface area (TPSA) is 171 Å². The number of carbonyl (C=O) groups excluding carboxylic acids is 3. The molecule has 24 heavy (non-hydrogen) atoms. The summed E-state index contributed by atoms with van der Waals surface area (Å²) in [6, 6.07) is -2.18. The molecule has 11 heteroatoms. The van der Waals surface area contributed by atoms with E-state index in [9.17, 15) is 24.3 Å². The van der Waals surface area contributed by atoms with Gasteiger partial charge in [0.05, 0.1) is 25.2 Å². The number of nitrogens with two attached hydrogens (primary N) is 1. The summed E-state index contributed by atoms with van der Waals surface area (Å²) in [6.45, 7) is 0.384. The van der Waals surface area contributed by atoms with Crippen molar-refractivity contribution in [1.82, 2.24) is 16.0 Å². The molecule has 0 fully saturated rings. The smallest absolute Gasteiger partial charge is 0.328 e. The molecule has 0 aromatic heterocycles. The van der Waals surface area contributed by atoms with Crippen LogP contribution in [-0.4, -0.2) is 77.2 Å². The number of hydrogen-bond acceptors (Lipinski definition) is 7. The normalized spacial score (nSPS) is 14.2. The molecule has 0 aliphatic heterocycles. The van der Waals surface area contributed by atoms with Crippen molar-refractivity contribution >= 4 is 35.5 Å². The molecular weight excluding hydrogens is 340 g/mol. The van der Waals surface area contributed by atoms with Crippen molar-refractivity contribution < 1.29 is 29.4 Å². The van der Waals surface area contributed by atoms with Gasteiger partial charge in [-0.25, -0.2) is 4.79 Å². The number of carbonyl (C=O) groups is 4. The van der Waals surface area contributed by atoms with Crippen molar-refractivity contribution in [2.24, 2.45) is 5.73 Å². The van der Waals surface area contributed by atoms with Gasteiger partial charge in [0.1, 0.15) is 0 Å². The number of amides is 3. The number of hydrogen-bond donors (Lipinski definition) is 6. The lowest BCUT2D eigenvalue weighted by molar-refractivity contribution is -0.144. The van der Waals surface area contributed by atoms with Crippen LogP contribution in [0.25, 0.3) is 0 Å². The first-order valence-electron chi connectivity index (χ1n) is 7.18. The van der Waals surface area contributed by atoms with E-state index in [-0.39, 0.29) is 6.54 Å². The van der Waals surface area contributed by atoms with Crippen LogP contribution < -0.4 is 21.7 Å². The third-order valence-electron chi connectivity index (χ3n) is 2.90. The summed E-state index contributed by atoms with van der Waals surface area (Å²) in [4.78, 5) is 45.4. The van der Waals surface area contributed by atoms with Crippen LogP contribution in [0.1, 0.15) is 13.3 Å². The molecule has 0 saturated carbocycles. The highest BCUT2D eigenvalue weighted by Crippen LogP contribution is 1.98. The van der Waals surface area contributed by atoms with E-state index in [0.29, 0.717) is 6.42 Å². The monoisotopic (exact) mass is 364 g/mol. The Balaban J connectivity index is 4.10. The van der Waals surface area contributed by atoms with E-state index in [2.05, 4.69) is 16.0 Å². The molecule has 3 amide bonds. The largest absolute Gasteiger partial charge is 0.480 e. The molecule has 0 rings (SSSR count). The second kappa shape index (κ2) is 11.6. The van der Waals surface area contributed by atoms with E-state index in [1.165, 1.54) is 6.92 Å². The molecule has 0 radical (unpaired) electrons. The molecule has 0 bridgehead atoms. The van der Waals surface area contributed by atoms with Crippen molar-refractivity contribution in [3.05, 3.63) is 0 Å². The van der Waals surface area contributed by atoms with Crippen LogP contribution in [0.5, 0.6) is 0 Å². The molecule has 0 heterocycles. The fourth-order valence-corrected chi connectivity index (χ4v) is 2.02. The van der Waals surface area contributed by atoms with Crippen molar-refractivity contribution in [3.63, 3.8) is 0 Å². The van der Waals surface area contributed by atoms with E-state index < -0.39 is 48.4 Å². The van der Waals surface area contributed by atoms with Gasteiger partial charge in [-0.2, -0.15) is 11.8 Å². The fraction of sp³-hybridized carbons (Fsp3) is 0.692. The number of aliphatic hydroxyl groups excluding tert-OH is 1. The Kier molecular flexibility index (Phi) is 10.8. The van der Waals surface area contributed by atoms with E-state index in [1.807, 2.05) is 6.26 Å². The maximum Gasteiger partial charge on any atom is 0.328 e. The Hall–Kier alpha value is -1.85. The summed E-state index contributed by atoms with van der Waals surface area (Å²) in [5.41, 5.74) is 5.62. The Bertz CT molecular complexity index is 460.